The molecule has 0 amide bonds. The fourth-order valence-electron chi connectivity index (χ4n) is 2.69. The van der Waals surface area contributed by atoms with Gasteiger partial charge in [-0.3, -0.25) is 9.35 Å². The Morgan fingerprint density at radius 3 is 2.32 bits per heavy atom. The quantitative estimate of drug-likeness (QED) is 0.556. The minimum Gasteiger partial charge on any atom is -0.871 e. The van der Waals surface area contributed by atoms with Crippen molar-refractivity contribution in [1.29, 1.82) is 0 Å². The van der Waals surface area contributed by atoms with Gasteiger partial charge in [0.2, 0.25) is 0 Å². The first kappa shape index (κ1) is 22.9. The van der Waals surface area contributed by atoms with Gasteiger partial charge < -0.3 is 5.11 Å². The molecule has 5 nitrogen and oxygen atoms in total. The number of rotatable bonds is 3. The molecule has 0 bridgehead atoms. The van der Waals surface area contributed by atoms with Gasteiger partial charge in [-0.05, 0) is 41.0 Å². The molecule has 1 N–H and O–H groups in total. The van der Waals surface area contributed by atoms with Crippen molar-refractivity contribution >= 4 is 44.7 Å². The van der Waals surface area contributed by atoms with E-state index in [1.165, 1.54) is 54.6 Å². The zero-order valence-electron chi connectivity index (χ0n) is 14.5. The Kier molecular flexibility index (Phi) is 7.33. The minimum absolute atomic E-state index is 0. The van der Waals surface area contributed by atoms with Gasteiger partial charge in [0, 0.05) is 10.6 Å². The molecule has 1 aliphatic carbocycles. The van der Waals surface area contributed by atoms with Crippen LogP contribution in [0.15, 0.2) is 76.2 Å². The van der Waals surface area contributed by atoms with E-state index in [2.05, 4.69) is 0 Å². The third-order valence-electron chi connectivity index (χ3n) is 3.88. The molecule has 0 heterocycles. The standard InChI is InChI=1S/C19H12Cl2O5S.Na/c20-14-9-11(5-7-16(14)22)19(12-6-8-17(23)15(21)10-12)13-3-1-2-4-18(13)27(24,25)26;/h1-10,22H,(H,24,25,26);/q;+1/p-1. The number of ketones is 1. The van der Waals surface area contributed by atoms with Gasteiger partial charge in [-0.2, -0.15) is 8.42 Å². The number of halogens is 2. The summed E-state index contributed by atoms with van der Waals surface area (Å²) in [5.74, 6) is -0.786. The first-order valence-corrected chi connectivity index (χ1v) is 9.76. The molecule has 0 unspecified atom stereocenters. The van der Waals surface area contributed by atoms with Gasteiger partial charge in [0.05, 0.1) is 5.03 Å². The predicted octanol–water partition coefficient (Wildman–Crippen LogP) is 0.728. The Hall–Kier alpha value is -1.38. The summed E-state index contributed by atoms with van der Waals surface area (Å²) < 4.78 is 33.3. The molecule has 9 heteroatoms. The molecule has 3 rings (SSSR count). The second-order valence-corrected chi connectivity index (χ2v) is 7.84. The van der Waals surface area contributed by atoms with Crippen molar-refractivity contribution in [2.45, 2.75) is 4.90 Å². The van der Waals surface area contributed by atoms with Crippen molar-refractivity contribution in [2.75, 3.05) is 0 Å². The third-order valence-corrected chi connectivity index (χ3v) is 5.38. The third kappa shape index (κ3) is 4.78. The van der Waals surface area contributed by atoms with Crippen molar-refractivity contribution in [3.05, 3.63) is 87.4 Å². The molecule has 138 valence electrons. The number of hydrogen-bond acceptors (Lipinski definition) is 4. The number of hydrogen-bond donors (Lipinski definition) is 1. The summed E-state index contributed by atoms with van der Waals surface area (Å²) in [6.45, 7) is 0. The maximum absolute atomic E-state index is 11.9. The first-order chi connectivity index (χ1) is 12.7. The van der Waals surface area contributed by atoms with Gasteiger partial charge in [-0.1, -0.05) is 65.4 Å². The van der Waals surface area contributed by atoms with Crippen molar-refractivity contribution in [1.82, 2.24) is 0 Å². The van der Waals surface area contributed by atoms with Gasteiger partial charge in [-0.25, -0.2) is 0 Å². The molecule has 0 radical (unpaired) electrons. The van der Waals surface area contributed by atoms with E-state index in [-0.39, 0.29) is 50.1 Å². The zero-order chi connectivity index (χ0) is 19.8. The molecule has 0 atom stereocenters. The van der Waals surface area contributed by atoms with Gasteiger partial charge in [0.25, 0.3) is 10.1 Å². The fourth-order valence-corrected chi connectivity index (χ4v) is 3.75. The smallest absolute Gasteiger partial charge is 0.871 e. The molecule has 0 aliphatic heterocycles. The van der Waals surface area contributed by atoms with E-state index in [0.717, 1.165) is 0 Å². The number of carbonyl (C=O) groups excluding carboxylic acids is 1. The van der Waals surface area contributed by atoms with Crippen LogP contribution in [-0.4, -0.2) is 18.8 Å². The van der Waals surface area contributed by atoms with Crippen LogP contribution in [0.3, 0.4) is 0 Å². The van der Waals surface area contributed by atoms with Gasteiger partial charge in [0.1, 0.15) is 4.90 Å². The topological polar surface area (TPSA) is 94.5 Å². The van der Waals surface area contributed by atoms with E-state index in [9.17, 15) is 22.9 Å². The Morgan fingerprint density at radius 2 is 1.71 bits per heavy atom. The number of allylic oxidation sites excluding steroid dienone is 5. The SMILES string of the molecule is O=C1C=CC(=C(c2ccc([O-])c(Cl)c2)c2ccccc2S(=O)(=O)O)C=C1Cl.[Na+]. The molecule has 2 aromatic carbocycles. The van der Waals surface area contributed by atoms with E-state index in [4.69, 9.17) is 23.2 Å². The number of benzene rings is 2. The van der Waals surface area contributed by atoms with E-state index in [1.54, 1.807) is 6.07 Å². The van der Waals surface area contributed by atoms with Crippen LogP contribution in [-0.2, 0) is 14.9 Å². The Bertz CT molecular complexity index is 1150. The van der Waals surface area contributed by atoms with Crippen LogP contribution in [0.5, 0.6) is 5.75 Å². The average molecular weight is 445 g/mol. The Balaban J connectivity index is 0.00000280. The Morgan fingerprint density at radius 1 is 1.04 bits per heavy atom. The van der Waals surface area contributed by atoms with Crippen LogP contribution in [0.2, 0.25) is 5.02 Å². The van der Waals surface area contributed by atoms with Crippen LogP contribution < -0.4 is 34.7 Å². The van der Waals surface area contributed by atoms with Crippen LogP contribution in [0.25, 0.3) is 5.57 Å². The summed E-state index contributed by atoms with van der Waals surface area (Å²) in [5, 5.41) is 11.5. The van der Waals surface area contributed by atoms with Crippen molar-refractivity contribution in [3.63, 3.8) is 0 Å². The van der Waals surface area contributed by atoms with Gasteiger partial charge in [0.15, 0.2) is 5.78 Å². The minimum atomic E-state index is -4.54. The number of carbonyl (C=O) groups is 1. The summed E-state index contributed by atoms with van der Waals surface area (Å²) in [6.07, 6.45) is 4.11. The van der Waals surface area contributed by atoms with E-state index in [1.807, 2.05) is 0 Å². The molecule has 0 saturated carbocycles. The molecule has 0 spiro atoms. The van der Waals surface area contributed by atoms with Gasteiger partial charge >= 0.3 is 29.6 Å². The predicted molar refractivity (Wildman–Crippen MR) is 101 cm³/mol. The summed E-state index contributed by atoms with van der Waals surface area (Å²) in [7, 11) is -4.54. The maximum atomic E-state index is 11.9. The average Bonchev–Trinajstić information content (AvgIpc) is 2.61. The van der Waals surface area contributed by atoms with Crippen LogP contribution >= 0.6 is 23.2 Å². The van der Waals surface area contributed by atoms with Crippen LogP contribution in [0.4, 0.5) is 0 Å². The fraction of sp³-hybridized carbons (Fsp3) is 0. The summed E-state index contributed by atoms with van der Waals surface area (Å²) in [4.78, 5) is 11.3. The summed E-state index contributed by atoms with van der Waals surface area (Å²) in [6, 6.07) is 9.91. The second-order valence-electron chi connectivity index (χ2n) is 5.64. The molecular weight excluding hydrogens is 434 g/mol. The second kappa shape index (κ2) is 8.97. The summed E-state index contributed by atoms with van der Waals surface area (Å²) >= 11 is 11.9. The molecule has 28 heavy (non-hydrogen) atoms. The monoisotopic (exact) mass is 444 g/mol. The van der Waals surface area contributed by atoms with Crippen LogP contribution in [0.1, 0.15) is 11.1 Å². The molecule has 0 fully saturated rings. The van der Waals surface area contributed by atoms with E-state index >= 15 is 0 Å². The van der Waals surface area contributed by atoms with Crippen LogP contribution in [0, 0.1) is 0 Å². The van der Waals surface area contributed by atoms with Crippen molar-refractivity contribution < 1.29 is 52.4 Å². The molecule has 0 aromatic heterocycles. The van der Waals surface area contributed by atoms with Crippen molar-refractivity contribution in [3.8, 4) is 5.75 Å². The first-order valence-electron chi connectivity index (χ1n) is 7.56. The molecule has 0 saturated heterocycles. The maximum Gasteiger partial charge on any atom is 1.00 e. The molecule has 2 aromatic rings. The molecular formula is C19H11Cl2NaO5S. The largest absolute Gasteiger partial charge is 1.00 e. The summed E-state index contributed by atoms with van der Waals surface area (Å²) in [5.41, 5.74) is 1.35. The van der Waals surface area contributed by atoms with Crippen molar-refractivity contribution in [2.24, 2.45) is 0 Å². The van der Waals surface area contributed by atoms with E-state index < -0.39 is 21.7 Å². The Labute approximate surface area is 194 Å². The van der Waals surface area contributed by atoms with Gasteiger partial charge in [-0.15, -0.1) is 0 Å². The molecule has 1 aliphatic rings. The normalized spacial score (nSPS) is 15.7. The zero-order valence-corrected chi connectivity index (χ0v) is 18.8. The van der Waals surface area contributed by atoms with E-state index in [0.29, 0.717) is 16.7 Å².